The summed E-state index contributed by atoms with van der Waals surface area (Å²) in [6.07, 6.45) is 0. The molecular formula is C28H30N6O3S. The first-order chi connectivity index (χ1) is 18.2. The fourth-order valence-corrected chi connectivity index (χ4v) is 4.93. The zero-order chi connectivity index (χ0) is 26.7. The molecule has 1 fully saturated rings. The van der Waals surface area contributed by atoms with Gasteiger partial charge in [-0.3, -0.25) is 9.59 Å². The maximum atomic E-state index is 12.2. The van der Waals surface area contributed by atoms with Crippen LogP contribution in [0.2, 0.25) is 0 Å². The number of amides is 2. The Balaban J connectivity index is 1.35. The maximum Gasteiger partial charge on any atom is 0.258 e. The number of carbonyl (C=O) groups is 2. The molecule has 0 atom stereocenters. The van der Waals surface area contributed by atoms with E-state index in [1.165, 1.54) is 0 Å². The predicted octanol–water partition coefficient (Wildman–Crippen LogP) is 4.33. The molecule has 1 aliphatic rings. The van der Waals surface area contributed by atoms with Crippen LogP contribution in [0.1, 0.15) is 20.8 Å². The first kappa shape index (κ1) is 25.5. The number of thiophene rings is 1. The van der Waals surface area contributed by atoms with Gasteiger partial charge < -0.3 is 25.6 Å². The number of ether oxygens (including phenoxy) is 1. The summed E-state index contributed by atoms with van der Waals surface area (Å²) in [5.74, 6) is 1.69. The highest BCUT2D eigenvalue weighted by Gasteiger charge is 2.17. The van der Waals surface area contributed by atoms with Crippen molar-refractivity contribution in [3.63, 3.8) is 0 Å². The van der Waals surface area contributed by atoms with E-state index in [1.54, 1.807) is 11.3 Å². The van der Waals surface area contributed by atoms with Crippen LogP contribution >= 0.6 is 11.3 Å². The fraction of sp³-hybridized carbons (Fsp3) is 0.286. The number of rotatable bonds is 7. The summed E-state index contributed by atoms with van der Waals surface area (Å²) in [7, 11) is 0. The lowest BCUT2D eigenvalue weighted by Gasteiger charge is -2.28. The molecule has 0 aliphatic carbocycles. The van der Waals surface area contributed by atoms with Crippen molar-refractivity contribution in [3.8, 4) is 17.1 Å². The second-order valence-corrected chi connectivity index (χ2v) is 11.0. The summed E-state index contributed by atoms with van der Waals surface area (Å²) in [6.45, 7) is 7.51. The number of anilines is 3. The van der Waals surface area contributed by atoms with Gasteiger partial charge in [0.1, 0.15) is 5.75 Å². The Morgan fingerprint density at radius 2 is 1.95 bits per heavy atom. The van der Waals surface area contributed by atoms with E-state index in [4.69, 9.17) is 14.7 Å². The number of nitrogens with one attached hydrogen (secondary N) is 3. The molecule has 1 aliphatic heterocycles. The Morgan fingerprint density at radius 3 is 2.71 bits per heavy atom. The fourth-order valence-electron chi connectivity index (χ4n) is 4.16. The number of benzene rings is 2. The van der Waals surface area contributed by atoms with Crippen molar-refractivity contribution in [3.05, 3.63) is 60.0 Å². The first-order valence-electron chi connectivity index (χ1n) is 12.4. The molecule has 1 saturated heterocycles. The molecule has 2 aromatic carbocycles. The Morgan fingerprint density at radius 1 is 1.13 bits per heavy atom. The normalized spacial score (nSPS) is 13.8. The van der Waals surface area contributed by atoms with Crippen LogP contribution in [0.5, 0.6) is 5.75 Å². The van der Waals surface area contributed by atoms with Crippen LogP contribution in [0.3, 0.4) is 0 Å². The second kappa shape index (κ2) is 10.7. The van der Waals surface area contributed by atoms with Gasteiger partial charge in [-0.25, -0.2) is 9.97 Å². The van der Waals surface area contributed by atoms with Crippen LogP contribution in [0.4, 0.5) is 17.2 Å². The van der Waals surface area contributed by atoms with Gasteiger partial charge >= 0.3 is 0 Å². The van der Waals surface area contributed by atoms with Gasteiger partial charge in [0.15, 0.2) is 18.2 Å². The minimum Gasteiger partial charge on any atom is -0.484 e. The molecule has 5 rings (SSSR count). The van der Waals surface area contributed by atoms with Crippen molar-refractivity contribution in [2.24, 2.45) is 0 Å². The van der Waals surface area contributed by atoms with Gasteiger partial charge in [-0.1, -0.05) is 12.1 Å². The number of hydrogen-bond acceptors (Lipinski definition) is 8. The molecule has 0 saturated carbocycles. The van der Waals surface area contributed by atoms with E-state index in [1.807, 2.05) is 80.7 Å². The summed E-state index contributed by atoms with van der Waals surface area (Å²) >= 11 is 1.57. The molecule has 38 heavy (non-hydrogen) atoms. The average molecular weight is 531 g/mol. The van der Waals surface area contributed by atoms with Gasteiger partial charge in [-0.15, -0.1) is 11.3 Å². The van der Waals surface area contributed by atoms with Gasteiger partial charge in [-0.05, 0) is 68.6 Å². The van der Waals surface area contributed by atoms with Crippen molar-refractivity contribution in [1.29, 1.82) is 0 Å². The molecule has 10 heteroatoms. The molecule has 4 aromatic rings. The molecular weight excluding hydrogens is 500 g/mol. The van der Waals surface area contributed by atoms with Crippen molar-refractivity contribution < 1.29 is 14.3 Å². The van der Waals surface area contributed by atoms with Crippen LogP contribution in [0.25, 0.3) is 21.6 Å². The summed E-state index contributed by atoms with van der Waals surface area (Å²) in [5.41, 5.74) is 3.20. The number of piperazine rings is 1. The Labute approximate surface area is 225 Å². The highest BCUT2D eigenvalue weighted by Crippen LogP contribution is 2.32. The van der Waals surface area contributed by atoms with E-state index in [0.29, 0.717) is 30.5 Å². The van der Waals surface area contributed by atoms with Crippen LogP contribution < -0.4 is 25.6 Å². The topological polar surface area (TPSA) is 108 Å². The molecule has 9 nitrogen and oxygen atoms in total. The second-order valence-electron chi connectivity index (χ2n) is 10.1. The van der Waals surface area contributed by atoms with Gasteiger partial charge in [0.2, 0.25) is 5.91 Å². The summed E-state index contributed by atoms with van der Waals surface area (Å²) in [4.78, 5) is 35.5. The Bertz CT molecular complexity index is 1460. The lowest BCUT2D eigenvalue weighted by Crippen LogP contribution is -2.47. The minimum absolute atomic E-state index is 0.0368. The molecule has 0 radical (unpaired) electrons. The van der Waals surface area contributed by atoms with Crippen LogP contribution in [0.15, 0.2) is 60.0 Å². The zero-order valence-electron chi connectivity index (χ0n) is 21.6. The lowest BCUT2D eigenvalue weighted by atomic mass is 10.1. The SMILES string of the molecule is CC(C)(C)NC(=O)COc1cccc(-c2nc(Nc3ccc(N4CCNC(=O)C4)cc3)c3sccc3n2)c1. The molecule has 2 aromatic heterocycles. The van der Waals surface area contributed by atoms with Crippen LogP contribution in [0, 0.1) is 0 Å². The number of hydrogen-bond donors (Lipinski definition) is 3. The number of aromatic nitrogens is 2. The summed E-state index contributed by atoms with van der Waals surface area (Å²) in [6, 6.07) is 17.4. The third-order valence-corrected chi connectivity index (χ3v) is 6.72. The molecule has 0 spiro atoms. The molecule has 3 N–H and O–H groups in total. The third kappa shape index (κ3) is 6.20. The summed E-state index contributed by atoms with van der Waals surface area (Å²) in [5, 5.41) is 11.2. The zero-order valence-corrected chi connectivity index (χ0v) is 22.4. The van der Waals surface area contributed by atoms with E-state index in [9.17, 15) is 9.59 Å². The highest BCUT2D eigenvalue weighted by atomic mass is 32.1. The van der Waals surface area contributed by atoms with Crippen LogP contribution in [-0.2, 0) is 9.59 Å². The van der Waals surface area contributed by atoms with Crippen molar-refractivity contribution in [1.82, 2.24) is 20.6 Å². The number of nitrogens with zero attached hydrogens (tertiary/aromatic N) is 3. The number of carbonyl (C=O) groups excluding carboxylic acids is 2. The molecule has 3 heterocycles. The van der Waals surface area contributed by atoms with Gasteiger partial charge in [0, 0.05) is 35.6 Å². The Hall–Kier alpha value is -4.18. The van der Waals surface area contributed by atoms with E-state index in [0.717, 1.165) is 33.7 Å². The number of fused-ring (bicyclic) bond motifs is 1. The molecule has 196 valence electrons. The minimum atomic E-state index is -0.320. The van der Waals surface area contributed by atoms with E-state index < -0.39 is 0 Å². The Kier molecular flexibility index (Phi) is 7.15. The first-order valence-corrected chi connectivity index (χ1v) is 13.3. The highest BCUT2D eigenvalue weighted by molar-refractivity contribution is 7.17. The quantitative estimate of drug-likeness (QED) is 0.326. The average Bonchev–Trinajstić information content (AvgIpc) is 3.36. The van der Waals surface area contributed by atoms with Crippen molar-refractivity contribution in [2.75, 3.05) is 36.5 Å². The van der Waals surface area contributed by atoms with Gasteiger partial charge in [-0.2, -0.15) is 0 Å². The van der Waals surface area contributed by atoms with Crippen LogP contribution in [-0.4, -0.2) is 53.6 Å². The van der Waals surface area contributed by atoms with Crippen molar-refractivity contribution in [2.45, 2.75) is 26.3 Å². The predicted molar refractivity (Wildman–Crippen MR) is 151 cm³/mol. The van der Waals surface area contributed by atoms with E-state index in [2.05, 4.69) is 20.9 Å². The molecule has 0 unspecified atom stereocenters. The standard InChI is InChI=1S/C28H30N6O3S/c1-28(2,3)33-24(36)17-37-21-6-4-5-18(15-21)26-31-22-11-14-38-25(22)27(32-26)30-19-7-9-20(10-8-19)34-13-12-29-23(35)16-34/h4-11,14-15H,12-13,16-17H2,1-3H3,(H,29,35)(H,33,36)(H,30,31,32). The van der Waals surface area contributed by atoms with Crippen molar-refractivity contribution >= 4 is 50.6 Å². The maximum absolute atomic E-state index is 12.2. The van der Waals surface area contributed by atoms with Gasteiger partial charge in [0.25, 0.3) is 5.91 Å². The van der Waals surface area contributed by atoms with E-state index in [-0.39, 0.29) is 24.0 Å². The largest absolute Gasteiger partial charge is 0.484 e. The molecule has 0 bridgehead atoms. The smallest absolute Gasteiger partial charge is 0.258 e. The monoisotopic (exact) mass is 530 g/mol. The van der Waals surface area contributed by atoms with Gasteiger partial charge in [0.05, 0.1) is 16.8 Å². The van der Waals surface area contributed by atoms with E-state index >= 15 is 0 Å². The summed E-state index contributed by atoms with van der Waals surface area (Å²) < 4.78 is 6.69. The molecule has 2 amide bonds. The third-order valence-electron chi connectivity index (χ3n) is 5.81. The lowest BCUT2D eigenvalue weighted by molar-refractivity contribution is -0.124.